The van der Waals surface area contributed by atoms with E-state index in [1.54, 1.807) is 0 Å². The molecule has 2 N–H and O–H groups in total. The fourth-order valence-electron chi connectivity index (χ4n) is 2.86. The van der Waals surface area contributed by atoms with E-state index in [1.165, 1.54) is 12.8 Å². The van der Waals surface area contributed by atoms with Gasteiger partial charge in [-0.2, -0.15) is 0 Å². The average molecular weight is 182 g/mol. The molecule has 1 aliphatic carbocycles. The van der Waals surface area contributed by atoms with Gasteiger partial charge in [0.2, 0.25) is 5.91 Å². The highest BCUT2D eigenvalue weighted by Gasteiger charge is 2.48. The molecule has 0 aromatic carbocycles. The third-order valence-electron chi connectivity index (χ3n) is 3.57. The number of carbonyl (C=O) groups is 1. The van der Waals surface area contributed by atoms with Crippen LogP contribution >= 0.6 is 0 Å². The van der Waals surface area contributed by atoms with E-state index in [0.717, 1.165) is 25.9 Å². The van der Waals surface area contributed by atoms with Crippen LogP contribution in [0.3, 0.4) is 0 Å². The molecule has 1 saturated carbocycles. The molecule has 0 bridgehead atoms. The predicted molar refractivity (Wildman–Crippen MR) is 51.4 cm³/mol. The molecule has 74 valence electrons. The lowest BCUT2D eigenvalue weighted by Gasteiger charge is -2.38. The quantitative estimate of drug-likeness (QED) is 0.625. The Labute approximate surface area is 79.3 Å². The van der Waals surface area contributed by atoms with Crippen molar-refractivity contribution in [2.45, 2.75) is 38.1 Å². The molecular formula is C10H18N2O. The highest BCUT2D eigenvalue weighted by atomic mass is 16.2. The minimum absolute atomic E-state index is 0.201. The largest absolute Gasteiger partial charge is 0.353 e. The fourth-order valence-corrected chi connectivity index (χ4v) is 2.86. The van der Waals surface area contributed by atoms with Crippen LogP contribution < -0.4 is 10.6 Å². The zero-order valence-corrected chi connectivity index (χ0v) is 8.23. The van der Waals surface area contributed by atoms with Gasteiger partial charge in [-0.15, -0.1) is 0 Å². The Hall–Kier alpha value is -0.570. The van der Waals surface area contributed by atoms with Crippen molar-refractivity contribution >= 4 is 5.91 Å². The standard InChI is InChI=1S/C10H18N2O/c1-2-8-4-3-5-10(8)9(13)11-6-7-12-10/h8,12H,2-7H2,1H3,(H,11,13). The molecule has 0 aromatic heterocycles. The Morgan fingerprint density at radius 3 is 3.08 bits per heavy atom. The summed E-state index contributed by atoms with van der Waals surface area (Å²) in [6.07, 6.45) is 4.54. The normalized spacial score (nSPS) is 39.5. The van der Waals surface area contributed by atoms with Gasteiger partial charge in [0.15, 0.2) is 0 Å². The molecule has 2 rings (SSSR count). The maximum atomic E-state index is 11.8. The van der Waals surface area contributed by atoms with Gasteiger partial charge < -0.3 is 10.6 Å². The highest BCUT2D eigenvalue weighted by molar-refractivity contribution is 5.87. The lowest BCUT2D eigenvalue weighted by Crippen LogP contribution is -2.64. The zero-order chi connectivity index (χ0) is 9.31. The van der Waals surface area contributed by atoms with Crippen molar-refractivity contribution in [3.8, 4) is 0 Å². The van der Waals surface area contributed by atoms with Crippen LogP contribution in [0.4, 0.5) is 0 Å². The number of nitrogens with one attached hydrogen (secondary N) is 2. The summed E-state index contributed by atoms with van der Waals surface area (Å²) >= 11 is 0. The number of rotatable bonds is 1. The van der Waals surface area contributed by atoms with E-state index in [1.807, 2.05) is 0 Å². The van der Waals surface area contributed by atoms with E-state index in [4.69, 9.17) is 0 Å². The topological polar surface area (TPSA) is 41.1 Å². The van der Waals surface area contributed by atoms with Crippen molar-refractivity contribution in [2.75, 3.05) is 13.1 Å². The first-order valence-corrected chi connectivity index (χ1v) is 5.33. The SMILES string of the molecule is CCC1CCCC12NCCNC2=O. The van der Waals surface area contributed by atoms with Crippen LogP contribution in [0.2, 0.25) is 0 Å². The summed E-state index contributed by atoms with van der Waals surface area (Å²) in [5.41, 5.74) is -0.201. The lowest BCUT2D eigenvalue weighted by atomic mass is 9.83. The number of piperazine rings is 1. The molecule has 1 aliphatic heterocycles. The van der Waals surface area contributed by atoms with E-state index in [-0.39, 0.29) is 11.4 Å². The average Bonchev–Trinajstić information content (AvgIpc) is 2.55. The Morgan fingerprint density at radius 2 is 2.38 bits per heavy atom. The van der Waals surface area contributed by atoms with Gasteiger partial charge >= 0.3 is 0 Å². The third kappa shape index (κ3) is 1.26. The second-order valence-electron chi connectivity index (χ2n) is 4.15. The Bertz CT molecular complexity index is 217. The summed E-state index contributed by atoms with van der Waals surface area (Å²) in [7, 11) is 0. The molecule has 2 atom stereocenters. The number of hydrogen-bond acceptors (Lipinski definition) is 2. The van der Waals surface area contributed by atoms with Crippen LogP contribution in [0.25, 0.3) is 0 Å². The molecule has 13 heavy (non-hydrogen) atoms. The first kappa shape index (κ1) is 9.00. The molecule has 1 saturated heterocycles. The van der Waals surface area contributed by atoms with Crippen molar-refractivity contribution in [2.24, 2.45) is 5.92 Å². The van der Waals surface area contributed by atoms with Crippen LogP contribution in [0.1, 0.15) is 32.6 Å². The van der Waals surface area contributed by atoms with Crippen molar-refractivity contribution in [1.82, 2.24) is 10.6 Å². The molecule has 2 fully saturated rings. The van der Waals surface area contributed by atoms with E-state index < -0.39 is 0 Å². The van der Waals surface area contributed by atoms with Crippen LogP contribution in [0.15, 0.2) is 0 Å². The molecule has 0 radical (unpaired) electrons. The van der Waals surface area contributed by atoms with E-state index in [9.17, 15) is 4.79 Å². The molecule has 1 amide bonds. The monoisotopic (exact) mass is 182 g/mol. The van der Waals surface area contributed by atoms with E-state index >= 15 is 0 Å². The van der Waals surface area contributed by atoms with Gasteiger partial charge in [-0.25, -0.2) is 0 Å². The number of amides is 1. The van der Waals surface area contributed by atoms with Gasteiger partial charge in [0.05, 0.1) is 0 Å². The molecule has 1 spiro atoms. The smallest absolute Gasteiger partial charge is 0.240 e. The van der Waals surface area contributed by atoms with Gasteiger partial charge in [0.25, 0.3) is 0 Å². The summed E-state index contributed by atoms with van der Waals surface area (Å²) in [5, 5.41) is 6.41. The molecule has 3 heteroatoms. The molecule has 1 heterocycles. The summed E-state index contributed by atoms with van der Waals surface area (Å²) in [6.45, 7) is 3.90. The first-order valence-electron chi connectivity index (χ1n) is 5.33. The molecule has 3 nitrogen and oxygen atoms in total. The van der Waals surface area contributed by atoms with Crippen molar-refractivity contribution < 1.29 is 4.79 Å². The Morgan fingerprint density at radius 1 is 1.54 bits per heavy atom. The molecule has 0 aromatic rings. The Balaban J connectivity index is 2.20. The summed E-state index contributed by atoms with van der Waals surface area (Å²) in [6, 6.07) is 0. The van der Waals surface area contributed by atoms with Gasteiger partial charge in [0, 0.05) is 13.1 Å². The zero-order valence-electron chi connectivity index (χ0n) is 8.23. The second-order valence-corrected chi connectivity index (χ2v) is 4.15. The summed E-state index contributed by atoms with van der Waals surface area (Å²) in [4.78, 5) is 11.8. The van der Waals surface area contributed by atoms with Gasteiger partial charge in [0.1, 0.15) is 5.54 Å². The molecular weight excluding hydrogens is 164 g/mol. The molecule has 2 unspecified atom stereocenters. The minimum Gasteiger partial charge on any atom is -0.353 e. The van der Waals surface area contributed by atoms with E-state index in [0.29, 0.717) is 5.92 Å². The van der Waals surface area contributed by atoms with Crippen LogP contribution in [-0.2, 0) is 4.79 Å². The maximum Gasteiger partial charge on any atom is 0.240 e. The van der Waals surface area contributed by atoms with Gasteiger partial charge in [-0.05, 0) is 18.8 Å². The maximum absolute atomic E-state index is 11.8. The highest BCUT2D eigenvalue weighted by Crippen LogP contribution is 2.38. The van der Waals surface area contributed by atoms with Crippen molar-refractivity contribution in [3.63, 3.8) is 0 Å². The second kappa shape index (κ2) is 3.29. The first-order chi connectivity index (χ1) is 6.29. The Kier molecular flexibility index (Phi) is 2.28. The predicted octanol–water partition coefficient (Wildman–Crippen LogP) is 0.655. The van der Waals surface area contributed by atoms with Crippen molar-refractivity contribution in [1.29, 1.82) is 0 Å². The fraction of sp³-hybridized carbons (Fsp3) is 0.900. The van der Waals surface area contributed by atoms with Gasteiger partial charge in [-0.3, -0.25) is 4.79 Å². The van der Waals surface area contributed by atoms with Gasteiger partial charge in [-0.1, -0.05) is 19.8 Å². The van der Waals surface area contributed by atoms with Crippen molar-refractivity contribution in [3.05, 3.63) is 0 Å². The summed E-state index contributed by atoms with van der Waals surface area (Å²) in [5.74, 6) is 0.788. The minimum atomic E-state index is -0.201. The van der Waals surface area contributed by atoms with Crippen LogP contribution in [0, 0.1) is 5.92 Å². The summed E-state index contributed by atoms with van der Waals surface area (Å²) < 4.78 is 0. The number of hydrogen-bond donors (Lipinski definition) is 2. The van der Waals surface area contributed by atoms with Crippen LogP contribution in [-0.4, -0.2) is 24.5 Å². The third-order valence-corrected chi connectivity index (χ3v) is 3.57. The lowest BCUT2D eigenvalue weighted by molar-refractivity contribution is -0.131. The van der Waals surface area contributed by atoms with E-state index in [2.05, 4.69) is 17.6 Å². The van der Waals surface area contributed by atoms with Crippen LogP contribution in [0.5, 0.6) is 0 Å². The number of carbonyl (C=O) groups excluding carboxylic acids is 1. The molecule has 2 aliphatic rings.